The Balaban J connectivity index is 1.98. The molecule has 3 aromatic rings. The molecule has 0 aliphatic rings. The number of benzene rings is 2. The first-order valence-electron chi connectivity index (χ1n) is 7.30. The third-order valence-electron chi connectivity index (χ3n) is 3.68. The van der Waals surface area contributed by atoms with Gasteiger partial charge in [0, 0.05) is 35.2 Å². The molecule has 3 rings (SSSR count). The molecule has 0 saturated heterocycles. The van der Waals surface area contributed by atoms with Crippen molar-refractivity contribution in [2.45, 2.75) is 20.0 Å². The van der Waals surface area contributed by atoms with Crippen LogP contribution in [0, 0.1) is 0 Å². The second-order valence-electron chi connectivity index (χ2n) is 5.21. The van der Waals surface area contributed by atoms with E-state index in [4.69, 9.17) is 11.6 Å². The largest absolute Gasteiger partial charge is 0.343 e. The molecular weight excluding hydrogens is 280 g/mol. The molecule has 0 bridgehead atoms. The van der Waals surface area contributed by atoms with E-state index in [1.54, 1.807) is 0 Å². The Hall–Kier alpha value is -1.77. The molecule has 3 heteroatoms. The Bertz CT molecular complexity index is 746. The summed E-state index contributed by atoms with van der Waals surface area (Å²) in [4.78, 5) is 0. The number of hydrogen-bond donors (Lipinski definition) is 1. The molecule has 0 saturated carbocycles. The summed E-state index contributed by atoms with van der Waals surface area (Å²) in [6, 6.07) is 16.6. The van der Waals surface area contributed by atoms with Gasteiger partial charge in [0.2, 0.25) is 0 Å². The van der Waals surface area contributed by atoms with Gasteiger partial charge in [-0.1, -0.05) is 48.9 Å². The zero-order valence-corrected chi connectivity index (χ0v) is 12.9. The van der Waals surface area contributed by atoms with Gasteiger partial charge in [-0.25, -0.2) is 0 Å². The third kappa shape index (κ3) is 3.12. The molecule has 1 aromatic heterocycles. The summed E-state index contributed by atoms with van der Waals surface area (Å²) in [7, 11) is 0. The quantitative estimate of drug-likeness (QED) is 0.736. The fourth-order valence-corrected chi connectivity index (χ4v) is 2.90. The normalized spacial score (nSPS) is 11.1. The van der Waals surface area contributed by atoms with E-state index in [-0.39, 0.29) is 0 Å². The fourth-order valence-electron chi connectivity index (χ4n) is 2.69. The Labute approximate surface area is 130 Å². The van der Waals surface area contributed by atoms with E-state index in [1.165, 1.54) is 22.0 Å². The first kappa shape index (κ1) is 14.2. The summed E-state index contributed by atoms with van der Waals surface area (Å²) in [6.45, 7) is 4.85. The number of rotatable bonds is 5. The van der Waals surface area contributed by atoms with Crippen LogP contribution in [0.4, 0.5) is 0 Å². The van der Waals surface area contributed by atoms with Crippen LogP contribution in [0.3, 0.4) is 0 Å². The molecule has 0 fully saturated rings. The Morgan fingerprint density at radius 3 is 2.76 bits per heavy atom. The lowest BCUT2D eigenvalue weighted by atomic mass is 10.2. The van der Waals surface area contributed by atoms with E-state index >= 15 is 0 Å². The maximum Gasteiger partial charge on any atom is 0.0486 e. The average molecular weight is 299 g/mol. The third-order valence-corrected chi connectivity index (χ3v) is 3.91. The van der Waals surface area contributed by atoms with Crippen LogP contribution in [0.5, 0.6) is 0 Å². The molecule has 2 nitrogen and oxygen atoms in total. The van der Waals surface area contributed by atoms with Gasteiger partial charge in [0.1, 0.15) is 0 Å². The predicted molar refractivity (Wildman–Crippen MR) is 89.9 cm³/mol. The van der Waals surface area contributed by atoms with Crippen molar-refractivity contribution in [2.24, 2.45) is 0 Å². The maximum absolute atomic E-state index is 6.08. The second-order valence-corrected chi connectivity index (χ2v) is 5.65. The Morgan fingerprint density at radius 2 is 1.95 bits per heavy atom. The van der Waals surface area contributed by atoms with Gasteiger partial charge in [-0.2, -0.15) is 0 Å². The molecule has 0 radical (unpaired) electrons. The lowest BCUT2D eigenvalue weighted by Gasteiger charge is -2.06. The second kappa shape index (κ2) is 6.33. The Kier molecular flexibility index (Phi) is 4.28. The van der Waals surface area contributed by atoms with Gasteiger partial charge in [0.25, 0.3) is 0 Å². The van der Waals surface area contributed by atoms with Gasteiger partial charge in [-0.15, -0.1) is 0 Å². The lowest BCUT2D eigenvalue weighted by molar-refractivity contribution is 0.724. The number of halogens is 1. The van der Waals surface area contributed by atoms with Gasteiger partial charge in [-0.05, 0) is 35.9 Å². The van der Waals surface area contributed by atoms with E-state index in [9.17, 15) is 0 Å². The van der Waals surface area contributed by atoms with Crippen LogP contribution in [0.1, 0.15) is 18.1 Å². The van der Waals surface area contributed by atoms with Crippen molar-refractivity contribution < 1.29 is 0 Å². The minimum absolute atomic E-state index is 0.789. The highest BCUT2D eigenvalue weighted by Crippen LogP contribution is 2.23. The van der Waals surface area contributed by atoms with Gasteiger partial charge in [0.15, 0.2) is 0 Å². The van der Waals surface area contributed by atoms with E-state index < -0.39 is 0 Å². The van der Waals surface area contributed by atoms with Crippen LogP contribution in [-0.4, -0.2) is 11.1 Å². The smallest absolute Gasteiger partial charge is 0.0486 e. The van der Waals surface area contributed by atoms with Crippen molar-refractivity contribution in [2.75, 3.05) is 6.54 Å². The SMILES string of the molecule is CCNCc1cn(Cc2cccc(Cl)c2)c2ccccc12. The van der Waals surface area contributed by atoms with Crippen molar-refractivity contribution >= 4 is 22.5 Å². The van der Waals surface area contributed by atoms with Crippen LogP contribution < -0.4 is 5.32 Å². The summed E-state index contributed by atoms with van der Waals surface area (Å²) in [5.74, 6) is 0. The molecule has 21 heavy (non-hydrogen) atoms. The van der Waals surface area contributed by atoms with Crippen LogP contribution in [0.15, 0.2) is 54.7 Å². The molecule has 0 aliphatic carbocycles. The minimum atomic E-state index is 0.789. The van der Waals surface area contributed by atoms with Crippen molar-refractivity contribution in [3.8, 4) is 0 Å². The maximum atomic E-state index is 6.08. The zero-order valence-electron chi connectivity index (χ0n) is 12.1. The van der Waals surface area contributed by atoms with Crippen LogP contribution >= 0.6 is 11.6 Å². The average Bonchev–Trinajstić information content (AvgIpc) is 2.84. The van der Waals surface area contributed by atoms with E-state index in [0.717, 1.165) is 24.7 Å². The van der Waals surface area contributed by atoms with Crippen LogP contribution in [0.2, 0.25) is 5.02 Å². The summed E-state index contributed by atoms with van der Waals surface area (Å²) < 4.78 is 2.30. The number of nitrogens with zero attached hydrogens (tertiary/aromatic N) is 1. The van der Waals surface area contributed by atoms with E-state index in [1.807, 2.05) is 18.2 Å². The molecule has 1 heterocycles. The summed E-state index contributed by atoms with van der Waals surface area (Å²) in [5, 5.41) is 5.52. The number of aromatic nitrogens is 1. The highest BCUT2D eigenvalue weighted by molar-refractivity contribution is 6.30. The van der Waals surface area contributed by atoms with E-state index in [0.29, 0.717) is 0 Å². The predicted octanol–water partition coefficient (Wildman–Crippen LogP) is 4.45. The highest BCUT2D eigenvalue weighted by Gasteiger charge is 2.08. The monoisotopic (exact) mass is 298 g/mol. The number of fused-ring (bicyclic) bond motifs is 1. The zero-order chi connectivity index (χ0) is 14.7. The van der Waals surface area contributed by atoms with Gasteiger partial charge in [0.05, 0.1) is 0 Å². The molecule has 0 aliphatic heterocycles. The van der Waals surface area contributed by atoms with Gasteiger partial charge >= 0.3 is 0 Å². The molecule has 0 spiro atoms. The molecule has 0 atom stereocenters. The molecule has 108 valence electrons. The molecular formula is C18H19ClN2. The molecule has 0 unspecified atom stereocenters. The van der Waals surface area contributed by atoms with Gasteiger partial charge in [-0.3, -0.25) is 0 Å². The standard InChI is InChI=1S/C18H19ClN2/c1-2-20-11-15-13-21(18-9-4-3-8-17(15)18)12-14-6-5-7-16(19)10-14/h3-10,13,20H,2,11-12H2,1H3. The topological polar surface area (TPSA) is 17.0 Å². The van der Waals surface area contributed by atoms with Crippen LogP contribution in [0.25, 0.3) is 10.9 Å². The number of hydrogen-bond acceptors (Lipinski definition) is 1. The lowest BCUT2D eigenvalue weighted by Crippen LogP contribution is -2.11. The summed E-state index contributed by atoms with van der Waals surface area (Å²) in [5.41, 5.74) is 3.83. The van der Waals surface area contributed by atoms with Gasteiger partial charge < -0.3 is 9.88 Å². The van der Waals surface area contributed by atoms with Crippen molar-refractivity contribution in [3.05, 3.63) is 70.9 Å². The first-order valence-corrected chi connectivity index (χ1v) is 7.67. The van der Waals surface area contributed by atoms with Crippen molar-refractivity contribution in [1.82, 2.24) is 9.88 Å². The Morgan fingerprint density at radius 1 is 1.10 bits per heavy atom. The number of para-hydroxylation sites is 1. The fraction of sp³-hybridized carbons (Fsp3) is 0.222. The van der Waals surface area contributed by atoms with E-state index in [2.05, 4.69) is 53.3 Å². The van der Waals surface area contributed by atoms with Crippen molar-refractivity contribution in [1.29, 1.82) is 0 Å². The number of nitrogens with one attached hydrogen (secondary N) is 1. The molecule has 0 amide bonds. The summed E-state index contributed by atoms with van der Waals surface area (Å²) in [6.07, 6.45) is 2.24. The summed E-state index contributed by atoms with van der Waals surface area (Å²) >= 11 is 6.08. The van der Waals surface area contributed by atoms with Crippen LogP contribution in [-0.2, 0) is 13.1 Å². The molecule has 2 aromatic carbocycles. The minimum Gasteiger partial charge on any atom is -0.343 e. The molecule has 1 N–H and O–H groups in total. The highest BCUT2D eigenvalue weighted by atomic mass is 35.5. The first-order chi connectivity index (χ1) is 10.3. The van der Waals surface area contributed by atoms with Crippen molar-refractivity contribution in [3.63, 3.8) is 0 Å².